The molecule has 0 aromatic heterocycles. The van der Waals surface area contributed by atoms with Crippen molar-refractivity contribution < 1.29 is 9.53 Å². The molecule has 1 aromatic carbocycles. The van der Waals surface area contributed by atoms with E-state index in [-0.39, 0.29) is 11.8 Å². The molecule has 2 N–H and O–H groups in total. The summed E-state index contributed by atoms with van der Waals surface area (Å²) in [6.45, 7) is 3.53. The first-order valence-electron chi connectivity index (χ1n) is 8.30. The van der Waals surface area contributed by atoms with E-state index >= 15 is 0 Å². The van der Waals surface area contributed by atoms with Gasteiger partial charge in [0.2, 0.25) is 5.91 Å². The number of benzene rings is 1. The molecule has 1 aromatic rings. The van der Waals surface area contributed by atoms with Gasteiger partial charge in [-0.05, 0) is 55.7 Å². The molecule has 1 aliphatic rings. The van der Waals surface area contributed by atoms with E-state index in [1.165, 1.54) is 16.0 Å². The molecule has 1 unspecified atom stereocenters. The fraction of sp³-hybridized carbons (Fsp3) is 0.611. The maximum atomic E-state index is 11.5. The Morgan fingerprint density at radius 1 is 1.48 bits per heavy atom. The van der Waals surface area contributed by atoms with Crippen LogP contribution >= 0.6 is 11.8 Å². The van der Waals surface area contributed by atoms with Crippen LogP contribution in [0.5, 0.6) is 0 Å². The van der Waals surface area contributed by atoms with E-state index < -0.39 is 0 Å². The molecule has 4 nitrogen and oxygen atoms in total. The number of carbonyl (C=O) groups excluding carboxylic acids is 1. The normalized spacial score (nSPS) is 19.0. The number of hydrogen-bond donors (Lipinski definition) is 1. The first kappa shape index (κ1) is 18.3. The van der Waals surface area contributed by atoms with Gasteiger partial charge >= 0.3 is 0 Å². The monoisotopic (exact) mass is 336 g/mol. The summed E-state index contributed by atoms with van der Waals surface area (Å²) in [6.07, 6.45) is 6.18. The molecular formula is C18H28N2O2S. The van der Waals surface area contributed by atoms with E-state index in [0.717, 1.165) is 51.9 Å². The van der Waals surface area contributed by atoms with E-state index in [1.807, 2.05) is 0 Å². The van der Waals surface area contributed by atoms with Gasteiger partial charge in [0.05, 0.1) is 5.92 Å². The van der Waals surface area contributed by atoms with E-state index in [1.54, 1.807) is 18.9 Å². The van der Waals surface area contributed by atoms with Crippen LogP contribution in [0, 0.1) is 5.92 Å². The van der Waals surface area contributed by atoms with Gasteiger partial charge in [-0.3, -0.25) is 9.69 Å². The molecule has 0 saturated carbocycles. The second-order valence-electron chi connectivity index (χ2n) is 6.22. The summed E-state index contributed by atoms with van der Waals surface area (Å²) < 4.78 is 5.14. The fourth-order valence-corrected chi connectivity index (χ4v) is 3.79. The average Bonchev–Trinajstić information content (AvgIpc) is 2.55. The number of likely N-dealkylation sites (tertiary alicyclic amines) is 1. The molecular weight excluding hydrogens is 308 g/mol. The molecule has 1 heterocycles. The maximum absolute atomic E-state index is 11.5. The molecule has 0 spiro atoms. The molecule has 1 aliphatic heterocycles. The third-order valence-corrected chi connectivity index (χ3v) is 5.30. The van der Waals surface area contributed by atoms with Gasteiger partial charge in [0.1, 0.15) is 0 Å². The van der Waals surface area contributed by atoms with Gasteiger partial charge in [-0.15, -0.1) is 11.8 Å². The standard InChI is InChI=1S/C18H28N2O2S/c1-22-10-4-5-14-7-8-17(23-2)16(11-14)13-20-9-3-6-15(12-20)18(19)21/h7-8,11,15H,3-6,9-10,12-13H2,1-2H3,(H2,19,21). The Labute approximate surface area is 143 Å². The first-order chi connectivity index (χ1) is 11.1. The molecule has 1 atom stereocenters. The van der Waals surface area contributed by atoms with Crippen LogP contribution in [0.25, 0.3) is 0 Å². The number of piperidine rings is 1. The van der Waals surface area contributed by atoms with Gasteiger partial charge in [0.25, 0.3) is 0 Å². The second kappa shape index (κ2) is 9.30. The van der Waals surface area contributed by atoms with Crippen LogP contribution in [0.2, 0.25) is 0 Å². The SMILES string of the molecule is COCCCc1ccc(SC)c(CN2CCCC(C(N)=O)C2)c1. The molecule has 1 fully saturated rings. The third-order valence-electron chi connectivity index (χ3n) is 4.46. The highest BCUT2D eigenvalue weighted by Crippen LogP contribution is 2.26. The maximum Gasteiger partial charge on any atom is 0.221 e. The quantitative estimate of drug-likeness (QED) is 0.586. The lowest BCUT2D eigenvalue weighted by molar-refractivity contribution is -0.123. The number of primary amides is 1. The summed E-state index contributed by atoms with van der Waals surface area (Å²) >= 11 is 1.79. The zero-order valence-electron chi connectivity index (χ0n) is 14.2. The Kier molecular flexibility index (Phi) is 7.40. The summed E-state index contributed by atoms with van der Waals surface area (Å²) in [5.74, 6) is -0.153. The number of aryl methyl sites for hydroxylation is 1. The molecule has 0 bridgehead atoms. The number of nitrogens with two attached hydrogens (primary N) is 1. The predicted molar refractivity (Wildman–Crippen MR) is 95.6 cm³/mol. The van der Waals surface area contributed by atoms with Gasteiger partial charge in [-0.2, -0.15) is 0 Å². The summed E-state index contributed by atoms with van der Waals surface area (Å²) in [5, 5.41) is 0. The largest absolute Gasteiger partial charge is 0.385 e. The molecule has 1 amide bonds. The number of nitrogens with zero attached hydrogens (tertiary/aromatic N) is 1. The van der Waals surface area contributed by atoms with E-state index in [2.05, 4.69) is 29.4 Å². The van der Waals surface area contributed by atoms with Crippen molar-refractivity contribution in [1.29, 1.82) is 0 Å². The number of ether oxygens (including phenoxy) is 1. The molecule has 5 heteroatoms. The van der Waals surface area contributed by atoms with Crippen molar-refractivity contribution in [2.75, 3.05) is 33.1 Å². The summed E-state index contributed by atoms with van der Waals surface area (Å²) in [5.41, 5.74) is 8.21. The number of amides is 1. The Morgan fingerprint density at radius 3 is 3.00 bits per heavy atom. The molecule has 1 saturated heterocycles. The Hall–Kier alpha value is -1.04. The molecule has 2 rings (SSSR count). The van der Waals surface area contributed by atoms with Crippen LogP contribution in [0.4, 0.5) is 0 Å². The van der Waals surface area contributed by atoms with Crippen LogP contribution in [-0.4, -0.2) is 43.9 Å². The topological polar surface area (TPSA) is 55.6 Å². The van der Waals surface area contributed by atoms with Crippen molar-refractivity contribution in [2.24, 2.45) is 11.7 Å². The zero-order chi connectivity index (χ0) is 16.7. The molecule has 0 radical (unpaired) electrons. The van der Waals surface area contributed by atoms with Gasteiger partial charge in [0.15, 0.2) is 0 Å². The second-order valence-corrected chi connectivity index (χ2v) is 7.07. The number of carbonyl (C=O) groups is 1. The van der Waals surface area contributed by atoms with Gasteiger partial charge in [0, 0.05) is 31.7 Å². The predicted octanol–water partition coefficient (Wildman–Crippen LogP) is 2.68. The van der Waals surface area contributed by atoms with Gasteiger partial charge < -0.3 is 10.5 Å². The summed E-state index contributed by atoms with van der Waals surface area (Å²) in [7, 11) is 1.74. The highest BCUT2D eigenvalue weighted by atomic mass is 32.2. The average molecular weight is 337 g/mol. The highest BCUT2D eigenvalue weighted by Gasteiger charge is 2.24. The van der Waals surface area contributed by atoms with Crippen molar-refractivity contribution >= 4 is 17.7 Å². The molecule has 128 valence electrons. The minimum atomic E-state index is -0.159. The molecule has 23 heavy (non-hydrogen) atoms. The van der Waals surface area contributed by atoms with E-state index in [9.17, 15) is 4.79 Å². The summed E-state index contributed by atoms with van der Waals surface area (Å²) in [6, 6.07) is 6.75. The first-order valence-corrected chi connectivity index (χ1v) is 9.53. The van der Waals surface area contributed by atoms with Crippen LogP contribution in [0.15, 0.2) is 23.1 Å². The van der Waals surface area contributed by atoms with E-state index in [4.69, 9.17) is 10.5 Å². The van der Waals surface area contributed by atoms with E-state index in [0.29, 0.717) is 0 Å². The smallest absolute Gasteiger partial charge is 0.221 e. The summed E-state index contributed by atoms with van der Waals surface area (Å²) in [4.78, 5) is 15.1. The van der Waals surface area contributed by atoms with Crippen molar-refractivity contribution in [1.82, 2.24) is 4.90 Å². The minimum Gasteiger partial charge on any atom is -0.385 e. The minimum absolute atomic E-state index is 0.00589. The highest BCUT2D eigenvalue weighted by molar-refractivity contribution is 7.98. The zero-order valence-corrected chi connectivity index (χ0v) is 15.0. The lowest BCUT2D eigenvalue weighted by Gasteiger charge is -2.31. The van der Waals surface area contributed by atoms with Crippen molar-refractivity contribution in [3.8, 4) is 0 Å². The van der Waals surface area contributed by atoms with Gasteiger partial charge in [-0.25, -0.2) is 0 Å². The Morgan fingerprint density at radius 2 is 2.30 bits per heavy atom. The molecule has 0 aliphatic carbocycles. The fourth-order valence-electron chi connectivity index (χ4n) is 3.20. The van der Waals surface area contributed by atoms with Crippen molar-refractivity contribution in [3.05, 3.63) is 29.3 Å². The number of hydrogen-bond acceptors (Lipinski definition) is 4. The van der Waals surface area contributed by atoms with Crippen LogP contribution in [-0.2, 0) is 22.5 Å². The number of thioether (sulfide) groups is 1. The van der Waals surface area contributed by atoms with Crippen LogP contribution in [0.1, 0.15) is 30.4 Å². The van der Waals surface area contributed by atoms with Crippen LogP contribution < -0.4 is 5.73 Å². The number of rotatable bonds is 8. The Bertz CT molecular complexity index is 522. The lowest BCUT2D eigenvalue weighted by atomic mass is 9.97. The van der Waals surface area contributed by atoms with Crippen molar-refractivity contribution in [3.63, 3.8) is 0 Å². The lowest BCUT2D eigenvalue weighted by Crippen LogP contribution is -2.40. The third kappa shape index (κ3) is 5.52. The van der Waals surface area contributed by atoms with Crippen molar-refractivity contribution in [2.45, 2.75) is 37.1 Å². The van der Waals surface area contributed by atoms with Crippen LogP contribution in [0.3, 0.4) is 0 Å². The number of methoxy groups -OCH3 is 1. The Balaban J connectivity index is 2.04. The van der Waals surface area contributed by atoms with Gasteiger partial charge in [-0.1, -0.05) is 12.1 Å².